The van der Waals surface area contributed by atoms with Crippen molar-refractivity contribution in [2.75, 3.05) is 5.75 Å². The summed E-state index contributed by atoms with van der Waals surface area (Å²) in [7, 11) is 0. The summed E-state index contributed by atoms with van der Waals surface area (Å²) in [5, 5.41) is 14.7. The van der Waals surface area contributed by atoms with Gasteiger partial charge in [0.25, 0.3) is 5.91 Å². The van der Waals surface area contributed by atoms with Gasteiger partial charge in [-0.05, 0) is 73.2 Å². The normalized spacial score (nSPS) is 11.5. The van der Waals surface area contributed by atoms with Crippen LogP contribution in [-0.2, 0) is 4.79 Å². The Hall–Kier alpha value is -2.65. The fourth-order valence-electron chi connectivity index (χ4n) is 3.06. The number of thioether (sulfide) groups is 1. The van der Waals surface area contributed by atoms with Gasteiger partial charge in [0.1, 0.15) is 0 Å². The van der Waals surface area contributed by atoms with Gasteiger partial charge in [-0.25, -0.2) is 5.43 Å². The van der Waals surface area contributed by atoms with Crippen LogP contribution in [-0.4, -0.2) is 32.1 Å². The lowest BCUT2D eigenvalue weighted by molar-refractivity contribution is -0.118. The second-order valence-corrected chi connectivity index (χ2v) is 9.89. The van der Waals surface area contributed by atoms with Crippen LogP contribution in [0.2, 0.25) is 10.0 Å². The maximum atomic E-state index is 12.5. The Morgan fingerprint density at radius 1 is 1.03 bits per heavy atom. The van der Waals surface area contributed by atoms with Crippen LogP contribution in [0.3, 0.4) is 0 Å². The van der Waals surface area contributed by atoms with Crippen molar-refractivity contribution in [1.29, 1.82) is 0 Å². The smallest absolute Gasteiger partial charge is 0.250 e. The molecule has 1 heterocycles. The highest BCUT2D eigenvalue weighted by Gasteiger charge is 2.17. The molecule has 1 aromatic heterocycles. The highest BCUT2D eigenvalue weighted by atomic mass is 79.9. The maximum absolute atomic E-state index is 12.5. The van der Waals surface area contributed by atoms with Crippen molar-refractivity contribution < 1.29 is 4.79 Å². The molecule has 1 N–H and O–H groups in total. The zero-order valence-electron chi connectivity index (χ0n) is 17.9. The van der Waals surface area contributed by atoms with Gasteiger partial charge in [-0.3, -0.25) is 9.36 Å². The summed E-state index contributed by atoms with van der Waals surface area (Å²) in [4.78, 5) is 12.5. The first-order valence-electron chi connectivity index (χ1n) is 10.1. The number of hydrogen-bond acceptors (Lipinski definition) is 5. The maximum Gasteiger partial charge on any atom is 0.250 e. The molecule has 1 amide bonds. The van der Waals surface area contributed by atoms with E-state index in [4.69, 9.17) is 23.2 Å². The van der Waals surface area contributed by atoms with Gasteiger partial charge in [-0.15, -0.1) is 10.2 Å². The second-order valence-electron chi connectivity index (χ2n) is 7.16. The molecule has 0 radical (unpaired) electrons. The standard InChI is InChI=1S/C24H18BrCl2N5OS/c1-15(17-3-2-4-18(25)13-17)28-29-22(33)14-34-24-31-30-23(16-5-7-19(26)8-6-16)32(24)21-11-9-20(27)10-12-21/h2-13H,14H2,1H3,(H,29,33). The molecule has 3 aromatic carbocycles. The first kappa shape index (κ1) is 24.5. The predicted molar refractivity (Wildman–Crippen MR) is 142 cm³/mol. The van der Waals surface area contributed by atoms with E-state index in [1.165, 1.54) is 11.8 Å². The average molecular weight is 575 g/mol. The molecule has 0 unspecified atom stereocenters. The van der Waals surface area contributed by atoms with Crippen LogP contribution < -0.4 is 5.43 Å². The lowest BCUT2D eigenvalue weighted by Gasteiger charge is -2.10. The zero-order valence-corrected chi connectivity index (χ0v) is 21.8. The number of rotatable bonds is 7. The van der Waals surface area contributed by atoms with E-state index >= 15 is 0 Å². The van der Waals surface area contributed by atoms with Crippen LogP contribution >= 0.6 is 50.9 Å². The van der Waals surface area contributed by atoms with Gasteiger partial charge >= 0.3 is 0 Å². The van der Waals surface area contributed by atoms with Gasteiger partial charge in [0.05, 0.1) is 11.5 Å². The van der Waals surface area contributed by atoms with E-state index in [-0.39, 0.29) is 11.7 Å². The third-order valence-corrected chi connectivity index (χ3v) is 6.67. The highest BCUT2D eigenvalue weighted by Crippen LogP contribution is 2.29. The van der Waals surface area contributed by atoms with Crippen molar-refractivity contribution in [3.05, 3.63) is 92.9 Å². The molecular weight excluding hydrogens is 557 g/mol. The van der Waals surface area contributed by atoms with Crippen molar-refractivity contribution in [2.45, 2.75) is 12.1 Å². The number of aromatic nitrogens is 3. The van der Waals surface area contributed by atoms with Crippen LogP contribution in [0, 0.1) is 0 Å². The van der Waals surface area contributed by atoms with Crippen molar-refractivity contribution in [3.8, 4) is 17.1 Å². The lowest BCUT2D eigenvalue weighted by atomic mass is 10.1. The third kappa shape index (κ3) is 6.07. The first-order valence-corrected chi connectivity index (χ1v) is 12.6. The Bertz CT molecular complexity index is 1340. The predicted octanol–water partition coefficient (Wildman–Crippen LogP) is 6.64. The Labute approximate surface area is 219 Å². The molecule has 0 atom stereocenters. The monoisotopic (exact) mass is 573 g/mol. The summed E-state index contributed by atoms with van der Waals surface area (Å²) in [6.07, 6.45) is 0. The summed E-state index contributed by atoms with van der Waals surface area (Å²) in [5.74, 6) is 0.491. The quantitative estimate of drug-likeness (QED) is 0.153. The molecule has 172 valence electrons. The van der Waals surface area contributed by atoms with E-state index in [9.17, 15) is 4.79 Å². The van der Waals surface area contributed by atoms with Crippen molar-refractivity contribution in [2.24, 2.45) is 5.10 Å². The van der Waals surface area contributed by atoms with E-state index < -0.39 is 0 Å². The van der Waals surface area contributed by atoms with E-state index in [1.807, 2.05) is 60.0 Å². The minimum absolute atomic E-state index is 0.113. The number of hydrazone groups is 1. The van der Waals surface area contributed by atoms with Crippen molar-refractivity contribution in [3.63, 3.8) is 0 Å². The first-order chi connectivity index (χ1) is 16.4. The fourth-order valence-corrected chi connectivity index (χ4v) is 4.45. The Kier molecular flexibility index (Phi) is 8.05. The van der Waals surface area contributed by atoms with E-state index in [0.717, 1.165) is 21.3 Å². The number of hydrogen-bond donors (Lipinski definition) is 1. The molecule has 4 aromatic rings. The number of nitrogens with one attached hydrogen (secondary N) is 1. The van der Waals surface area contributed by atoms with Crippen LogP contribution in [0.25, 0.3) is 17.1 Å². The molecule has 4 rings (SSSR count). The fraction of sp³-hybridized carbons (Fsp3) is 0.0833. The molecule has 0 aliphatic heterocycles. The van der Waals surface area contributed by atoms with Crippen LogP contribution in [0.1, 0.15) is 12.5 Å². The number of carbonyl (C=O) groups excluding carboxylic acids is 1. The largest absolute Gasteiger partial charge is 0.272 e. The van der Waals surface area contributed by atoms with Crippen molar-refractivity contribution in [1.82, 2.24) is 20.2 Å². The minimum Gasteiger partial charge on any atom is -0.272 e. The molecule has 0 saturated carbocycles. The van der Waals surface area contributed by atoms with E-state index in [0.29, 0.717) is 26.7 Å². The van der Waals surface area contributed by atoms with Crippen LogP contribution in [0.15, 0.2) is 87.5 Å². The van der Waals surface area contributed by atoms with E-state index in [1.54, 1.807) is 24.3 Å². The third-order valence-electron chi connectivity index (χ3n) is 4.74. The Balaban J connectivity index is 1.53. The molecule has 6 nitrogen and oxygen atoms in total. The van der Waals surface area contributed by atoms with Crippen LogP contribution in [0.4, 0.5) is 0 Å². The molecule has 0 bridgehead atoms. The van der Waals surface area contributed by atoms with Crippen molar-refractivity contribution >= 4 is 62.5 Å². The lowest BCUT2D eigenvalue weighted by Crippen LogP contribution is -2.21. The molecule has 34 heavy (non-hydrogen) atoms. The average Bonchev–Trinajstić information content (AvgIpc) is 3.26. The number of carbonyl (C=O) groups is 1. The Morgan fingerprint density at radius 3 is 2.38 bits per heavy atom. The minimum atomic E-state index is -0.252. The molecule has 0 spiro atoms. The summed E-state index contributed by atoms with van der Waals surface area (Å²) in [6.45, 7) is 1.84. The summed E-state index contributed by atoms with van der Waals surface area (Å²) < 4.78 is 2.83. The molecule has 0 fully saturated rings. The molecule has 10 heteroatoms. The Morgan fingerprint density at radius 2 is 1.71 bits per heavy atom. The van der Waals surface area contributed by atoms with Gasteiger partial charge in [0, 0.05) is 25.8 Å². The zero-order chi connectivity index (χ0) is 24.1. The number of amides is 1. The molecule has 0 aliphatic rings. The van der Waals surface area contributed by atoms with E-state index in [2.05, 4.69) is 36.7 Å². The molecular formula is C24H18BrCl2N5OS. The summed E-state index contributed by atoms with van der Waals surface area (Å²) in [6, 6.07) is 22.4. The van der Waals surface area contributed by atoms with Gasteiger partial charge in [-0.2, -0.15) is 5.10 Å². The topological polar surface area (TPSA) is 72.2 Å². The summed E-state index contributed by atoms with van der Waals surface area (Å²) >= 11 is 16.8. The van der Waals surface area contributed by atoms with Gasteiger partial charge in [0.2, 0.25) is 0 Å². The highest BCUT2D eigenvalue weighted by molar-refractivity contribution is 9.10. The second kappa shape index (κ2) is 11.2. The number of nitrogens with zero attached hydrogens (tertiary/aromatic N) is 4. The summed E-state index contributed by atoms with van der Waals surface area (Å²) in [5.41, 5.74) is 5.89. The number of halogens is 3. The van der Waals surface area contributed by atoms with Crippen LogP contribution in [0.5, 0.6) is 0 Å². The molecule has 0 saturated heterocycles. The molecule has 0 aliphatic carbocycles. The van der Waals surface area contributed by atoms with Gasteiger partial charge in [-0.1, -0.05) is 63.0 Å². The SMILES string of the molecule is CC(=NNC(=O)CSc1nnc(-c2ccc(Cl)cc2)n1-c1ccc(Cl)cc1)c1cccc(Br)c1. The van der Waals surface area contributed by atoms with Gasteiger partial charge in [0.15, 0.2) is 11.0 Å². The van der Waals surface area contributed by atoms with Gasteiger partial charge < -0.3 is 0 Å². The number of benzene rings is 3.